The third-order valence-electron chi connectivity index (χ3n) is 5.41. The van der Waals surface area contributed by atoms with E-state index in [-0.39, 0.29) is 17.1 Å². The van der Waals surface area contributed by atoms with Crippen LogP contribution < -0.4 is 10.1 Å². The van der Waals surface area contributed by atoms with Gasteiger partial charge in [0.25, 0.3) is 5.91 Å². The number of nitrogens with zero attached hydrogens (tertiary/aromatic N) is 3. The van der Waals surface area contributed by atoms with Crippen molar-refractivity contribution < 1.29 is 22.7 Å². The van der Waals surface area contributed by atoms with Gasteiger partial charge in [0.2, 0.25) is 0 Å². The van der Waals surface area contributed by atoms with Gasteiger partial charge in [-0.2, -0.15) is 18.3 Å². The fraction of sp³-hybridized carbons (Fsp3) is 0.304. The average Bonchev–Trinajstić information content (AvgIpc) is 3.44. The van der Waals surface area contributed by atoms with Crippen molar-refractivity contribution in [3.05, 3.63) is 71.5 Å². The van der Waals surface area contributed by atoms with Gasteiger partial charge in [0.05, 0.1) is 24.6 Å². The first-order valence-corrected chi connectivity index (χ1v) is 10.3. The molecule has 0 spiro atoms. The summed E-state index contributed by atoms with van der Waals surface area (Å²) in [4.78, 5) is 15.3. The van der Waals surface area contributed by atoms with E-state index < -0.39 is 17.6 Å². The molecule has 3 aromatic rings. The van der Waals surface area contributed by atoms with Crippen molar-refractivity contribution in [1.82, 2.24) is 14.7 Å². The van der Waals surface area contributed by atoms with Crippen LogP contribution in [-0.4, -0.2) is 40.8 Å². The third kappa shape index (κ3) is 4.77. The molecular formula is C23H23F3N4O2. The van der Waals surface area contributed by atoms with Crippen LogP contribution in [-0.2, 0) is 12.7 Å². The van der Waals surface area contributed by atoms with Gasteiger partial charge >= 0.3 is 6.18 Å². The van der Waals surface area contributed by atoms with Crippen LogP contribution in [0, 0.1) is 0 Å². The molecular weight excluding hydrogens is 421 g/mol. The maximum Gasteiger partial charge on any atom is 0.416 e. The summed E-state index contributed by atoms with van der Waals surface area (Å²) in [6.07, 6.45) is -0.759. The number of halogens is 3. The minimum absolute atomic E-state index is 0.0131. The second-order valence-corrected chi connectivity index (χ2v) is 7.63. The molecule has 0 bridgehead atoms. The summed E-state index contributed by atoms with van der Waals surface area (Å²) >= 11 is 0. The monoisotopic (exact) mass is 444 g/mol. The minimum Gasteiger partial charge on any atom is -0.493 e. The smallest absolute Gasteiger partial charge is 0.416 e. The van der Waals surface area contributed by atoms with Gasteiger partial charge in [-0.05, 0) is 55.8 Å². The Morgan fingerprint density at radius 1 is 1.12 bits per heavy atom. The lowest BCUT2D eigenvalue weighted by Crippen LogP contribution is -2.21. The predicted octanol–water partition coefficient (Wildman–Crippen LogP) is 4.75. The first-order chi connectivity index (χ1) is 15.3. The van der Waals surface area contributed by atoms with Crippen molar-refractivity contribution in [3.63, 3.8) is 0 Å². The molecule has 0 unspecified atom stereocenters. The molecule has 6 nitrogen and oxygen atoms in total. The molecule has 1 aromatic heterocycles. The summed E-state index contributed by atoms with van der Waals surface area (Å²) in [5, 5.41) is 7.08. The lowest BCUT2D eigenvalue weighted by molar-refractivity contribution is -0.137. The molecule has 1 aliphatic heterocycles. The van der Waals surface area contributed by atoms with Crippen LogP contribution in [0.25, 0.3) is 5.69 Å². The van der Waals surface area contributed by atoms with Gasteiger partial charge < -0.3 is 10.1 Å². The van der Waals surface area contributed by atoms with Crippen molar-refractivity contribution in [2.75, 3.05) is 25.5 Å². The Morgan fingerprint density at radius 2 is 1.88 bits per heavy atom. The number of para-hydroxylation sites is 1. The summed E-state index contributed by atoms with van der Waals surface area (Å²) in [7, 11) is 1.38. The Kier molecular flexibility index (Phi) is 6.18. The van der Waals surface area contributed by atoms with Gasteiger partial charge in [-0.1, -0.05) is 24.3 Å². The van der Waals surface area contributed by atoms with Crippen LogP contribution in [0.2, 0.25) is 0 Å². The largest absolute Gasteiger partial charge is 0.493 e. The molecule has 1 amide bonds. The number of alkyl halides is 3. The Hall–Kier alpha value is -3.33. The highest BCUT2D eigenvalue weighted by Gasteiger charge is 2.31. The number of ether oxygens (including phenoxy) is 1. The summed E-state index contributed by atoms with van der Waals surface area (Å²) in [6, 6.07) is 12.3. The summed E-state index contributed by atoms with van der Waals surface area (Å²) in [6.45, 7) is 2.78. The molecule has 0 saturated carbocycles. The number of anilines is 1. The van der Waals surface area contributed by atoms with Gasteiger partial charge in [0, 0.05) is 12.2 Å². The number of carbonyl (C=O) groups excluding carboxylic acids is 1. The molecule has 2 heterocycles. The number of hydrogen-bond acceptors (Lipinski definition) is 4. The van der Waals surface area contributed by atoms with E-state index >= 15 is 0 Å². The van der Waals surface area contributed by atoms with Crippen LogP contribution in [0.15, 0.2) is 54.7 Å². The normalized spacial score (nSPS) is 14.5. The summed E-state index contributed by atoms with van der Waals surface area (Å²) < 4.78 is 45.7. The highest BCUT2D eigenvalue weighted by atomic mass is 19.4. The lowest BCUT2D eigenvalue weighted by Gasteiger charge is -2.17. The van der Waals surface area contributed by atoms with Crippen molar-refractivity contribution >= 4 is 11.6 Å². The quantitative estimate of drug-likeness (QED) is 0.596. The first-order valence-electron chi connectivity index (χ1n) is 10.3. The Bertz CT molecular complexity index is 1100. The van der Waals surface area contributed by atoms with Crippen LogP contribution in [0.3, 0.4) is 0 Å². The van der Waals surface area contributed by atoms with E-state index in [2.05, 4.69) is 15.3 Å². The van der Waals surface area contributed by atoms with Gasteiger partial charge in [-0.3, -0.25) is 9.69 Å². The molecule has 9 heteroatoms. The van der Waals surface area contributed by atoms with E-state index in [1.54, 1.807) is 0 Å². The van der Waals surface area contributed by atoms with Crippen molar-refractivity contribution in [3.8, 4) is 11.4 Å². The first kappa shape index (κ1) is 21.9. The summed E-state index contributed by atoms with van der Waals surface area (Å²) in [5.74, 6) is -0.335. The number of benzene rings is 2. The van der Waals surface area contributed by atoms with E-state index in [1.807, 2.05) is 24.3 Å². The average molecular weight is 444 g/mol. The highest BCUT2D eigenvalue weighted by Crippen LogP contribution is 2.31. The van der Waals surface area contributed by atoms with Gasteiger partial charge in [-0.25, -0.2) is 4.68 Å². The standard InChI is InChI=1S/C23H23F3N4O2/c1-32-20-15-30(18-9-6-8-17(13-18)23(24,25)26)28-21(20)22(31)27-19-10-3-2-7-16(19)14-29-11-4-5-12-29/h2-3,6-10,13,15H,4-5,11-12,14H2,1H3,(H,27,31). The number of nitrogens with one attached hydrogen (secondary N) is 1. The maximum atomic E-state index is 13.1. The third-order valence-corrected chi connectivity index (χ3v) is 5.41. The molecule has 0 aliphatic carbocycles. The molecule has 1 aliphatic rings. The number of rotatable bonds is 6. The van der Waals surface area contributed by atoms with Crippen LogP contribution in [0.5, 0.6) is 5.75 Å². The molecule has 168 valence electrons. The zero-order valence-corrected chi connectivity index (χ0v) is 17.5. The zero-order chi connectivity index (χ0) is 22.7. The fourth-order valence-electron chi connectivity index (χ4n) is 3.77. The molecule has 1 N–H and O–H groups in total. The van der Waals surface area contributed by atoms with E-state index in [9.17, 15) is 18.0 Å². The van der Waals surface area contributed by atoms with Crippen LogP contribution >= 0.6 is 0 Å². The Morgan fingerprint density at radius 3 is 2.59 bits per heavy atom. The number of methoxy groups -OCH3 is 1. The van der Waals surface area contributed by atoms with Crippen LogP contribution in [0.1, 0.15) is 34.5 Å². The van der Waals surface area contributed by atoms with E-state index in [0.29, 0.717) is 5.69 Å². The number of carbonyl (C=O) groups is 1. The number of likely N-dealkylation sites (tertiary alicyclic amines) is 1. The van der Waals surface area contributed by atoms with Crippen LogP contribution in [0.4, 0.5) is 18.9 Å². The molecule has 2 aromatic carbocycles. The van der Waals surface area contributed by atoms with Crippen molar-refractivity contribution in [2.45, 2.75) is 25.6 Å². The Labute approximate surface area is 183 Å². The van der Waals surface area contributed by atoms with Crippen molar-refractivity contribution in [1.29, 1.82) is 0 Å². The van der Waals surface area contributed by atoms with E-state index in [4.69, 9.17) is 4.74 Å². The number of aromatic nitrogens is 2. The SMILES string of the molecule is COc1cn(-c2cccc(C(F)(F)F)c2)nc1C(=O)Nc1ccccc1CN1CCCC1. The molecule has 4 rings (SSSR count). The molecule has 32 heavy (non-hydrogen) atoms. The zero-order valence-electron chi connectivity index (χ0n) is 17.5. The predicted molar refractivity (Wildman–Crippen MR) is 114 cm³/mol. The van der Waals surface area contributed by atoms with Gasteiger partial charge in [0.1, 0.15) is 0 Å². The molecule has 0 radical (unpaired) electrons. The van der Waals surface area contributed by atoms with E-state index in [0.717, 1.165) is 37.3 Å². The van der Waals surface area contributed by atoms with Crippen molar-refractivity contribution in [2.24, 2.45) is 0 Å². The summed E-state index contributed by atoms with van der Waals surface area (Å²) in [5.41, 5.74) is 1.01. The molecule has 0 atom stereocenters. The second kappa shape index (κ2) is 9.04. The minimum atomic E-state index is -4.48. The molecule has 1 fully saturated rings. The number of amides is 1. The van der Waals surface area contributed by atoms with Gasteiger partial charge in [0.15, 0.2) is 11.4 Å². The van der Waals surface area contributed by atoms with Gasteiger partial charge in [-0.15, -0.1) is 0 Å². The van der Waals surface area contributed by atoms with E-state index in [1.165, 1.54) is 43.0 Å². The highest BCUT2D eigenvalue weighted by molar-refractivity contribution is 6.05. The second-order valence-electron chi connectivity index (χ2n) is 7.63. The fourth-order valence-corrected chi connectivity index (χ4v) is 3.77. The lowest BCUT2D eigenvalue weighted by atomic mass is 10.1. The topological polar surface area (TPSA) is 59.4 Å². The maximum absolute atomic E-state index is 13.1. The Balaban J connectivity index is 1.59. The number of hydrogen-bond donors (Lipinski definition) is 1. The molecule has 1 saturated heterocycles.